The molecule has 0 saturated carbocycles. The van der Waals surface area contributed by atoms with Gasteiger partial charge in [0.15, 0.2) is 34.6 Å². The summed E-state index contributed by atoms with van der Waals surface area (Å²) in [6.45, 7) is 17.2. The summed E-state index contributed by atoms with van der Waals surface area (Å²) in [5.74, 6) is 6.37. The van der Waals surface area contributed by atoms with E-state index in [-0.39, 0.29) is 219 Å². The van der Waals surface area contributed by atoms with Gasteiger partial charge in [0, 0.05) is 89.1 Å². The van der Waals surface area contributed by atoms with Crippen LogP contribution in [0.25, 0.3) is 0 Å². The number of terminal acetylenes is 2. The molecule has 0 saturated heterocycles. The molecular weight excluding hydrogens is 1650 g/mol. The smallest absolute Gasteiger partial charge is 0.329 e. The minimum atomic E-state index is -4.29. The molecule has 4 rings (SSSR count). The van der Waals surface area contributed by atoms with Gasteiger partial charge in [0.05, 0.1) is 224 Å². The van der Waals surface area contributed by atoms with Crippen molar-refractivity contribution in [2.45, 2.75) is 84.2 Å². The van der Waals surface area contributed by atoms with Gasteiger partial charge < -0.3 is 143 Å². The largest absolute Gasteiger partial charge is 0.493 e. The average molecular weight is 1790 g/mol. The number of hydrogen-bond donors (Lipinski definition) is 3. The Morgan fingerprint density at radius 1 is 0.320 bits per heavy atom. The highest BCUT2D eigenvalue weighted by atomic mass is 31.2. The molecule has 0 radical (unpaired) electrons. The number of rotatable bonds is 89. The van der Waals surface area contributed by atoms with Crippen LogP contribution < -0.4 is 47.9 Å². The maximum absolute atomic E-state index is 14.5. The molecule has 0 aliphatic heterocycles. The molecule has 0 unspecified atom stereocenters. The van der Waals surface area contributed by atoms with Crippen LogP contribution in [0, 0.1) is 24.7 Å². The van der Waals surface area contributed by atoms with E-state index in [0.29, 0.717) is 196 Å². The first-order chi connectivity index (χ1) is 61.3. The normalized spacial score (nSPS) is 11.3. The Labute approximate surface area is 738 Å². The minimum absolute atomic E-state index is 0.00907. The van der Waals surface area contributed by atoms with Gasteiger partial charge in [-0.25, -0.2) is 0 Å². The second kappa shape index (κ2) is 76.5. The molecule has 0 fully saturated rings. The van der Waals surface area contributed by atoms with Crippen LogP contribution in [-0.4, -0.2) is 332 Å². The van der Waals surface area contributed by atoms with Crippen molar-refractivity contribution in [1.29, 1.82) is 0 Å². The van der Waals surface area contributed by atoms with E-state index in [1.54, 1.807) is 68.8 Å². The molecule has 0 aliphatic carbocycles. The lowest BCUT2D eigenvalue weighted by molar-refractivity contribution is -0.0000466. The number of methoxy groups -OCH3 is 2. The number of carbonyl (C=O) groups excluding carboxylic acids is 3. The Hall–Kier alpha value is -7.56. The summed E-state index contributed by atoms with van der Waals surface area (Å²) in [6, 6.07) is 17.3. The van der Waals surface area contributed by atoms with Gasteiger partial charge in [0.1, 0.15) is 63.5 Å². The van der Waals surface area contributed by atoms with Crippen molar-refractivity contribution < 1.29 is 157 Å². The summed E-state index contributed by atoms with van der Waals surface area (Å²) in [6.07, 6.45) is 15.3. The molecule has 706 valence electrons. The highest BCUT2D eigenvalue weighted by molar-refractivity contribution is 7.50. The maximum Gasteiger partial charge on any atom is 0.329 e. The van der Waals surface area contributed by atoms with Gasteiger partial charge in [-0.05, 0) is 92.6 Å². The third kappa shape index (κ3) is 57.8. The number of unbranched alkanes of at least 4 members (excludes halogenated alkanes) is 2. The number of ether oxygens (including phenoxy) is 27. The molecule has 125 heavy (non-hydrogen) atoms. The summed E-state index contributed by atoms with van der Waals surface area (Å²) < 4.78 is 169. The van der Waals surface area contributed by atoms with Crippen LogP contribution in [0.2, 0.25) is 0 Å². The standard InChI is InChI=1S/C90H138NO33P/c1-7-11-13-26-102-37-41-114-59-65-123-88-84(119-61-55-110-51-47-106-39-35-100-24-9-3)69-76(71-86(88)121-63-57-112-53-49-108-45-43-104-33-31-98-5)82(92)17-15-28-116-80-67-78(90(94)91-23-30-118-79-21-19-75(20-22-79)74-125(95,96)97)68-81(73-80)117-29-16-18-83(93)77-70-85(120-62-56-111-52-48-107-40-36-101-25-10-4)89(124-66-60-115-42-38-103-27-14-12-8-2)87(72-77)122-64-58-113-54-50-109-46-44-105-34-32-99-6/h1-2,19-22,67-73H,9-18,23-66,74H2,3-6H3,(H,91,94)(H2,95,96,97). The van der Waals surface area contributed by atoms with Gasteiger partial charge in [0.2, 0.25) is 11.5 Å². The zero-order valence-corrected chi connectivity index (χ0v) is 74.8. The molecule has 1 amide bonds. The molecule has 35 heteroatoms. The van der Waals surface area contributed by atoms with Gasteiger partial charge in [-0.15, -0.1) is 24.7 Å². The third-order valence-corrected chi connectivity index (χ3v) is 17.6. The molecule has 0 aromatic heterocycles. The Morgan fingerprint density at radius 2 is 0.608 bits per heavy atom. The van der Waals surface area contributed by atoms with Gasteiger partial charge in [-0.3, -0.25) is 18.9 Å². The van der Waals surface area contributed by atoms with Gasteiger partial charge in [-0.2, -0.15) is 0 Å². The van der Waals surface area contributed by atoms with Crippen LogP contribution >= 0.6 is 7.60 Å². The van der Waals surface area contributed by atoms with E-state index in [4.69, 9.17) is 141 Å². The lowest BCUT2D eigenvalue weighted by Crippen LogP contribution is -2.28. The quantitative estimate of drug-likeness (QED) is 0.0160. The van der Waals surface area contributed by atoms with Gasteiger partial charge >= 0.3 is 7.60 Å². The van der Waals surface area contributed by atoms with Crippen LogP contribution in [0.5, 0.6) is 51.7 Å². The molecular formula is C90H138NO33P. The molecule has 34 nitrogen and oxygen atoms in total. The highest BCUT2D eigenvalue weighted by Crippen LogP contribution is 2.42. The number of benzene rings is 4. The summed E-state index contributed by atoms with van der Waals surface area (Å²) in [5, 5.41) is 2.86. The van der Waals surface area contributed by atoms with E-state index in [2.05, 4.69) is 17.2 Å². The molecule has 0 aliphatic rings. The Balaban J connectivity index is 1.59. The average Bonchev–Trinajstić information content (AvgIpc) is 0.817. The molecule has 0 spiro atoms. The topological polar surface area (TPSA) is 370 Å². The van der Waals surface area contributed by atoms with E-state index in [1.807, 2.05) is 13.8 Å². The van der Waals surface area contributed by atoms with Crippen LogP contribution in [0.4, 0.5) is 0 Å². The van der Waals surface area contributed by atoms with Gasteiger partial charge in [0.25, 0.3) is 5.91 Å². The summed E-state index contributed by atoms with van der Waals surface area (Å²) in [7, 11) is -1.08. The van der Waals surface area contributed by atoms with Crippen molar-refractivity contribution >= 4 is 25.1 Å². The summed E-state index contributed by atoms with van der Waals surface area (Å²) in [5.41, 5.74) is 1.10. The van der Waals surface area contributed by atoms with Crippen molar-refractivity contribution in [3.8, 4) is 76.4 Å². The second-order valence-corrected chi connectivity index (χ2v) is 28.8. The molecule has 4 aromatic rings. The number of ketones is 2. The first kappa shape index (κ1) is 110. The predicted octanol–water partition coefficient (Wildman–Crippen LogP) is 9.73. The summed E-state index contributed by atoms with van der Waals surface area (Å²) in [4.78, 5) is 61.9. The minimum Gasteiger partial charge on any atom is -0.493 e. The predicted molar refractivity (Wildman–Crippen MR) is 464 cm³/mol. The van der Waals surface area contributed by atoms with Crippen molar-refractivity contribution in [3.63, 3.8) is 0 Å². The maximum atomic E-state index is 14.5. The Bertz CT molecular complexity index is 3320. The molecule has 0 bridgehead atoms. The first-order valence-corrected chi connectivity index (χ1v) is 44.9. The van der Waals surface area contributed by atoms with E-state index >= 15 is 0 Å². The van der Waals surface area contributed by atoms with E-state index < -0.39 is 19.7 Å². The number of carbonyl (C=O) groups is 3. The molecule has 4 aromatic carbocycles. The first-order valence-electron chi connectivity index (χ1n) is 43.1. The van der Waals surface area contributed by atoms with E-state index in [9.17, 15) is 28.7 Å². The Kier molecular flexibility index (Phi) is 67.2. The van der Waals surface area contributed by atoms with Crippen LogP contribution in [0.3, 0.4) is 0 Å². The molecule has 3 N–H and O–H groups in total. The second-order valence-electron chi connectivity index (χ2n) is 27.1. The van der Waals surface area contributed by atoms with Crippen LogP contribution in [0.1, 0.15) is 115 Å². The lowest BCUT2D eigenvalue weighted by atomic mass is 10.1. The third-order valence-electron chi connectivity index (χ3n) is 16.8. The lowest BCUT2D eigenvalue weighted by Gasteiger charge is -2.19. The number of nitrogens with one attached hydrogen (secondary N) is 1. The highest BCUT2D eigenvalue weighted by Gasteiger charge is 2.23. The fraction of sp³-hybridized carbons (Fsp3) is 0.656. The number of Topliss-reactive ketones (excluding diaryl/α,β-unsaturated/α-hetero) is 2. The zero-order valence-electron chi connectivity index (χ0n) is 73.9. The van der Waals surface area contributed by atoms with E-state index in [1.165, 1.54) is 12.1 Å². The van der Waals surface area contributed by atoms with Crippen LogP contribution in [-0.2, 0) is 96.0 Å². The van der Waals surface area contributed by atoms with Crippen molar-refractivity contribution in [2.24, 2.45) is 0 Å². The van der Waals surface area contributed by atoms with Crippen molar-refractivity contribution in [2.75, 3.05) is 305 Å². The van der Waals surface area contributed by atoms with Crippen molar-refractivity contribution in [3.05, 3.63) is 89.0 Å². The van der Waals surface area contributed by atoms with Gasteiger partial charge in [-0.1, -0.05) is 26.0 Å². The fourth-order valence-electron chi connectivity index (χ4n) is 10.7. The van der Waals surface area contributed by atoms with Crippen molar-refractivity contribution in [1.82, 2.24) is 5.32 Å². The monoisotopic (exact) mass is 1790 g/mol. The number of hydrogen-bond acceptors (Lipinski definition) is 31. The van der Waals surface area contributed by atoms with E-state index in [0.717, 1.165) is 25.7 Å². The van der Waals surface area contributed by atoms with Crippen LogP contribution in [0.15, 0.2) is 66.7 Å². The SMILES string of the molecule is C#CCCCOCCOCCOc1c(OCCOCCOCCOCCC)cc(C(=O)CCCOc2cc(OCCCC(=O)c3cc(OCCOCCOCCOCCC)c(OCCOCCOCCCC#C)c(OCCOCCOCCOCCOC)c3)cc(C(=O)NCCOc3ccc(CP(=O)(O)O)cc3)c2)cc1OCCOCCOCCOCCOC. The fourth-order valence-corrected chi connectivity index (χ4v) is 11.4. The summed E-state index contributed by atoms with van der Waals surface area (Å²) >= 11 is 0. The molecule has 0 atom stereocenters. The number of amides is 1. The zero-order chi connectivity index (χ0) is 89.6. The Morgan fingerprint density at radius 3 is 0.912 bits per heavy atom. The molecule has 0 heterocycles.